The Balaban J connectivity index is 1.89. The van der Waals surface area contributed by atoms with E-state index in [0.717, 1.165) is 10.0 Å². The van der Waals surface area contributed by atoms with E-state index in [9.17, 15) is 4.79 Å². The zero-order valence-corrected chi connectivity index (χ0v) is 12.4. The molecule has 0 aliphatic carbocycles. The summed E-state index contributed by atoms with van der Waals surface area (Å²) < 4.78 is 2.40. The molecule has 0 radical (unpaired) electrons. The number of hydrogen-bond acceptors (Lipinski definition) is 7. The van der Waals surface area contributed by atoms with Crippen LogP contribution >= 0.6 is 23.1 Å². The van der Waals surface area contributed by atoms with Crippen LogP contribution < -0.4 is 0 Å². The molecule has 0 atom stereocenters. The molecule has 3 rings (SSSR count). The zero-order chi connectivity index (χ0) is 14.8. The summed E-state index contributed by atoms with van der Waals surface area (Å²) in [6.45, 7) is 1.92. The van der Waals surface area contributed by atoms with E-state index in [2.05, 4.69) is 20.5 Å². The van der Waals surface area contributed by atoms with Gasteiger partial charge in [0.15, 0.2) is 4.34 Å². The first-order valence-corrected chi connectivity index (χ1v) is 7.55. The number of tetrazole rings is 1. The van der Waals surface area contributed by atoms with Crippen LogP contribution in [-0.2, 0) is 0 Å². The number of aromatic carboxylic acids is 1. The molecular weight excluding hydrogens is 310 g/mol. The smallest absolute Gasteiger partial charge is 0.335 e. The molecule has 0 aliphatic heterocycles. The standard InChI is InChI=1S/C12H9N5O2S2/c1-7-6-20-12(13-7)21-11-14-15-16-17(11)9-4-2-8(3-5-9)10(18)19/h2-6H,1H3,(H,18,19). The van der Waals surface area contributed by atoms with Gasteiger partial charge >= 0.3 is 5.97 Å². The Kier molecular flexibility index (Phi) is 3.67. The van der Waals surface area contributed by atoms with Crippen LogP contribution in [0.1, 0.15) is 16.1 Å². The molecule has 9 heteroatoms. The van der Waals surface area contributed by atoms with Gasteiger partial charge in [0.25, 0.3) is 0 Å². The SMILES string of the molecule is Cc1csc(Sc2nnnn2-c2ccc(C(=O)O)cc2)n1. The number of carboxylic acids is 1. The summed E-state index contributed by atoms with van der Waals surface area (Å²) in [6, 6.07) is 6.36. The minimum Gasteiger partial charge on any atom is -0.478 e. The van der Waals surface area contributed by atoms with E-state index >= 15 is 0 Å². The molecule has 2 heterocycles. The maximum absolute atomic E-state index is 10.9. The van der Waals surface area contributed by atoms with Crippen molar-refractivity contribution in [3.63, 3.8) is 0 Å². The van der Waals surface area contributed by atoms with Crippen molar-refractivity contribution in [3.8, 4) is 5.69 Å². The quantitative estimate of drug-likeness (QED) is 0.788. The van der Waals surface area contributed by atoms with E-state index in [4.69, 9.17) is 5.11 Å². The van der Waals surface area contributed by atoms with Crippen molar-refractivity contribution in [2.45, 2.75) is 16.4 Å². The maximum atomic E-state index is 10.9. The third-order valence-electron chi connectivity index (χ3n) is 2.58. The Morgan fingerprint density at radius 3 is 2.71 bits per heavy atom. The van der Waals surface area contributed by atoms with Crippen LogP contribution in [0.2, 0.25) is 0 Å². The molecule has 106 valence electrons. The highest BCUT2D eigenvalue weighted by Gasteiger charge is 2.12. The van der Waals surface area contributed by atoms with Crippen LogP contribution in [0.25, 0.3) is 5.69 Å². The zero-order valence-electron chi connectivity index (χ0n) is 10.8. The molecule has 0 fully saturated rings. The Hall–Kier alpha value is -2.26. The molecule has 21 heavy (non-hydrogen) atoms. The van der Waals surface area contributed by atoms with E-state index in [1.807, 2.05) is 12.3 Å². The van der Waals surface area contributed by atoms with E-state index < -0.39 is 5.97 Å². The van der Waals surface area contributed by atoms with E-state index in [1.165, 1.54) is 35.2 Å². The highest BCUT2D eigenvalue weighted by molar-refractivity contribution is 8.00. The summed E-state index contributed by atoms with van der Waals surface area (Å²) in [7, 11) is 0. The second-order valence-corrected chi connectivity index (χ2v) is 6.15. The van der Waals surface area contributed by atoms with Gasteiger partial charge in [-0.1, -0.05) is 0 Å². The van der Waals surface area contributed by atoms with Crippen LogP contribution in [0.15, 0.2) is 39.1 Å². The van der Waals surface area contributed by atoms with Gasteiger partial charge in [-0.2, -0.15) is 4.68 Å². The molecule has 7 nitrogen and oxygen atoms in total. The highest BCUT2D eigenvalue weighted by atomic mass is 32.2. The Bertz CT molecular complexity index is 781. The number of nitrogens with zero attached hydrogens (tertiary/aromatic N) is 5. The minimum atomic E-state index is -0.967. The first-order valence-electron chi connectivity index (χ1n) is 5.85. The predicted molar refractivity (Wildman–Crippen MR) is 77.1 cm³/mol. The summed E-state index contributed by atoms with van der Waals surface area (Å²) in [5.74, 6) is -0.967. The van der Waals surface area contributed by atoms with Crippen molar-refractivity contribution in [3.05, 3.63) is 40.9 Å². The number of aromatic nitrogens is 5. The number of hydrogen-bond donors (Lipinski definition) is 1. The first-order chi connectivity index (χ1) is 10.1. The number of thiazole rings is 1. The fourth-order valence-corrected chi connectivity index (χ4v) is 3.34. The van der Waals surface area contributed by atoms with Gasteiger partial charge in [0.05, 0.1) is 11.3 Å². The van der Waals surface area contributed by atoms with Crippen LogP contribution in [0, 0.1) is 6.92 Å². The van der Waals surface area contributed by atoms with Gasteiger partial charge in [0, 0.05) is 11.1 Å². The fourth-order valence-electron chi connectivity index (χ4n) is 1.61. The first kappa shape index (κ1) is 13.7. The van der Waals surface area contributed by atoms with Crippen molar-refractivity contribution >= 4 is 29.1 Å². The van der Waals surface area contributed by atoms with Crippen molar-refractivity contribution in [1.29, 1.82) is 0 Å². The number of carboxylic acid groups (broad SMARTS) is 1. The molecule has 1 N–H and O–H groups in total. The number of aryl methyl sites for hydroxylation is 1. The summed E-state index contributed by atoms with van der Waals surface area (Å²) >= 11 is 2.89. The third kappa shape index (κ3) is 2.93. The van der Waals surface area contributed by atoms with Crippen LogP contribution in [-0.4, -0.2) is 36.3 Å². The molecule has 0 unspecified atom stereocenters. The molecule has 0 amide bonds. The Morgan fingerprint density at radius 1 is 1.33 bits per heavy atom. The lowest BCUT2D eigenvalue weighted by Crippen LogP contribution is -2.01. The number of rotatable bonds is 4. The predicted octanol–water partition coefficient (Wildman–Crippen LogP) is 2.28. The molecule has 3 aromatic rings. The Labute approximate surface area is 127 Å². The monoisotopic (exact) mass is 319 g/mol. The van der Waals surface area contributed by atoms with Gasteiger partial charge in [-0.25, -0.2) is 9.78 Å². The topological polar surface area (TPSA) is 93.8 Å². The lowest BCUT2D eigenvalue weighted by Gasteiger charge is -2.03. The van der Waals surface area contributed by atoms with Gasteiger partial charge in [-0.3, -0.25) is 0 Å². The van der Waals surface area contributed by atoms with Crippen molar-refractivity contribution in [2.75, 3.05) is 0 Å². The van der Waals surface area contributed by atoms with Crippen molar-refractivity contribution in [1.82, 2.24) is 25.2 Å². The normalized spacial score (nSPS) is 10.7. The highest BCUT2D eigenvalue weighted by Crippen LogP contribution is 2.29. The fraction of sp³-hybridized carbons (Fsp3) is 0.0833. The molecule has 2 aromatic heterocycles. The Morgan fingerprint density at radius 2 is 2.10 bits per heavy atom. The van der Waals surface area contributed by atoms with E-state index in [1.54, 1.807) is 16.8 Å². The molecule has 0 saturated carbocycles. The van der Waals surface area contributed by atoms with Crippen molar-refractivity contribution in [2.24, 2.45) is 0 Å². The van der Waals surface area contributed by atoms with Gasteiger partial charge in [0.1, 0.15) is 0 Å². The molecule has 0 spiro atoms. The van der Waals surface area contributed by atoms with Gasteiger partial charge < -0.3 is 5.11 Å². The van der Waals surface area contributed by atoms with E-state index in [0.29, 0.717) is 10.8 Å². The summed E-state index contributed by atoms with van der Waals surface area (Å²) in [5, 5.41) is 23.0. The van der Waals surface area contributed by atoms with Crippen LogP contribution in [0.4, 0.5) is 0 Å². The van der Waals surface area contributed by atoms with Crippen LogP contribution in [0.3, 0.4) is 0 Å². The second-order valence-electron chi connectivity index (χ2n) is 4.08. The molecule has 1 aromatic carbocycles. The van der Waals surface area contributed by atoms with Crippen LogP contribution in [0.5, 0.6) is 0 Å². The summed E-state index contributed by atoms with van der Waals surface area (Å²) in [4.78, 5) is 15.2. The van der Waals surface area contributed by atoms with Gasteiger partial charge in [-0.05, 0) is 53.4 Å². The molecule has 0 saturated heterocycles. The number of benzene rings is 1. The second kappa shape index (κ2) is 5.62. The number of carbonyl (C=O) groups is 1. The maximum Gasteiger partial charge on any atom is 0.335 e. The minimum absolute atomic E-state index is 0.219. The lowest BCUT2D eigenvalue weighted by atomic mass is 10.2. The van der Waals surface area contributed by atoms with Gasteiger partial charge in [-0.15, -0.1) is 16.4 Å². The lowest BCUT2D eigenvalue weighted by molar-refractivity contribution is 0.0697. The third-order valence-corrected chi connectivity index (χ3v) is 4.57. The van der Waals surface area contributed by atoms with Crippen molar-refractivity contribution < 1.29 is 9.90 Å². The largest absolute Gasteiger partial charge is 0.478 e. The molecule has 0 bridgehead atoms. The summed E-state index contributed by atoms with van der Waals surface area (Å²) in [5.41, 5.74) is 1.87. The average Bonchev–Trinajstić information content (AvgIpc) is 3.09. The molecular formula is C12H9N5O2S2. The van der Waals surface area contributed by atoms with Gasteiger partial charge in [0.2, 0.25) is 5.16 Å². The average molecular weight is 319 g/mol. The summed E-state index contributed by atoms with van der Waals surface area (Å²) in [6.07, 6.45) is 0. The van der Waals surface area contributed by atoms with E-state index in [-0.39, 0.29) is 5.56 Å². The molecule has 0 aliphatic rings.